The summed E-state index contributed by atoms with van der Waals surface area (Å²) in [5, 5.41) is 12.7. The van der Waals surface area contributed by atoms with Crippen molar-refractivity contribution >= 4 is 12.4 Å². The normalized spacial score (nSPS) is 22.3. The van der Waals surface area contributed by atoms with Crippen LogP contribution in [0.4, 0.5) is 0 Å². The number of hydrogen-bond donors (Lipinski definition) is 1. The number of likely N-dealkylation sites (tertiary alicyclic amines) is 1. The van der Waals surface area contributed by atoms with Crippen LogP contribution in [-0.4, -0.2) is 37.7 Å². The summed E-state index contributed by atoms with van der Waals surface area (Å²) in [5.41, 5.74) is 1.84. The minimum Gasteiger partial charge on any atom is -0.495 e. The summed E-state index contributed by atoms with van der Waals surface area (Å²) >= 11 is 0. The predicted molar refractivity (Wildman–Crippen MR) is 94.0 cm³/mol. The van der Waals surface area contributed by atoms with Crippen molar-refractivity contribution in [1.82, 2.24) is 10.2 Å². The van der Waals surface area contributed by atoms with Gasteiger partial charge in [-0.05, 0) is 68.9 Å². The lowest BCUT2D eigenvalue weighted by molar-refractivity contribution is 0.157. The second-order valence-corrected chi connectivity index (χ2v) is 6.46. The molecule has 4 nitrogen and oxygen atoms in total. The van der Waals surface area contributed by atoms with E-state index in [1.54, 1.807) is 7.11 Å². The van der Waals surface area contributed by atoms with Crippen molar-refractivity contribution in [3.05, 3.63) is 29.3 Å². The summed E-state index contributed by atoms with van der Waals surface area (Å²) in [5.74, 6) is 1.54. The fourth-order valence-corrected chi connectivity index (χ4v) is 3.81. The highest BCUT2D eigenvalue weighted by molar-refractivity contribution is 5.85. The van der Waals surface area contributed by atoms with Gasteiger partial charge in [0.1, 0.15) is 11.8 Å². The average molecular weight is 336 g/mol. The van der Waals surface area contributed by atoms with Gasteiger partial charge in [0.2, 0.25) is 0 Å². The average Bonchev–Trinajstić information content (AvgIpc) is 3.10. The molecule has 5 heteroatoms. The van der Waals surface area contributed by atoms with Gasteiger partial charge in [0.05, 0.1) is 12.7 Å². The zero-order valence-electron chi connectivity index (χ0n) is 13.8. The van der Waals surface area contributed by atoms with Crippen molar-refractivity contribution in [2.45, 2.75) is 38.3 Å². The molecule has 2 heterocycles. The number of ether oxygens (including phenoxy) is 1. The Bertz CT molecular complexity index is 544. The molecule has 0 amide bonds. The van der Waals surface area contributed by atoms with Gasteiger partial charge in [-0.3, -0.25) is 4.90 Å². The van der Waals surface area contributed by atoms with Gasteiger partial charge in [0, 0.05) is 12.6 Å². The molecule has 2 saturated heterocycles. The molecule has 0 saturated carbocycles. The maximum atomic E-state index is 9.05. The van der Waals surface area contributed by atoms with E-state index in [-0.39, 0.29) is 12.4 Å². The van der Waals surface area contributed by atoms with Gasteiger partial charge in [-0.25, -0.2) is 0 Å². The van der Waals surface area contributed by atoms with Crippen molar-refractivity contribution in [3.63, 3.8) is 0 Å². The molecule has 0 spiro atoms. The Morgan fingerprint density at radius 2 is 2.09 bits per heavy atom. The number of halogens is 1. The number of hydrogen-bond acceptors (Lipinski definition) is 4. The van der Waals surface area contributed by atoms with Crippen LogP contribution in [0, 0.1) is 17.2 Å². The lowest BCUT2D eigenvalue weighted by atomic mass is 9.88. The van der Waals surface area contributed by atoms with E-state index in [4.69, 9.17) is 10.00 Å². The second-order valence-electron chi connectivity index (χ2n) is 6.46. The van der Waals surface area contributed by atoms with Crippen LogP contribution in [0.15, 0.2) is 18.2 Å². The molecular formula is C18H26ClN3O. The minimum absolute atomic E-state index is 0. The van der Waals surface area contributed by atoms with E-state index in [9.17, 15) is 0 Å². The van der Waals surface area contributed by atoms with Crippen LogP contribution in [0.5, 0.6) is 5.75 Å². The third-order valence-corrected chi connectivity index (χ3v) is 5.09. The largest absolute Gasteiger partial charge is 0.495 e. The summed E-state index contributed by atoms with van der Waals surface area (Å²) in [6.45, 7) is 4.50. The molecule has 23 heavy (non-hydrogen) atoms. The van der Waals surface area contributed by atoms with E-state index < -0.39 is 0 Å². The number of piperidine rings is 1. The number of nitriles is 1. The molecule has 2 aliphatic heterocycles. The van der Waals surface area contributed by atoms with Gasteiger partial charge in [-0.1, -0.05) is 6.07 Å². The first-order chi connectivity index (χ1) is 10.8. The molecule has 0 aromatic heterocycles. The van der Waals surface area contributed by atoms with E-state index >= 15 is 0 Å². The van der Waals surface area contributed by atoms with Crippen LogP contribution in [0.3, 0.4) is 0 Å². The lowest BCUT2D eigenvalue weighted by Crippen LogP contribution is -2.40. The SMILES string of the molecule is COc1cc(CN2CCC(C3CCCN3)CC2)ccc1C#N.Cl. The second kappa shape index (κ2) is 8.54. The number of benzene rings is 1. The summed E-state index contributed by atoms with van der Waals surface area (Å²) in [4.78, 5) is 2.52. The number of rotatable bonds is 4. The molecule has 1 unspecified atom stereocenters. The highest BCUT2D eigenvalue weighted by Crippen LogP contribution is 2.27. The zero-order chi connectivity index (χ0) is 15.4. The van der Waals surface area contributed by atoms with Crippen molar-refractivity contribution in [2.24, 2.45) is 5.92 Å². The Kier molecular flexibility index (Phi) is 6.71. The summed E-state index contributed by atoms with van der Waals surface area (Å²) in [6, 6.07) is 8.84. The first-order valence-electron chi connectivity index (χ1n) is 8.33. The minimum atomic E-state index is 0. The molecule has 126 valence electrons. The lowest BCUT2D eigenvalue weighted by Gasteiger charge is -2.35. The van der Waals surface area contributed by atoms with Gasteiger partial charge in [-0.15, -0.1) is 12.4 Å². The number of nitrogens with zero attached hydrogens (tertiary/aromatic N) is 2. The monoisotopic (exact) mass is 335 g/mol. The van der Waals surface area contributed by atoms with Crippen molar-refractivity contribution < 1.29 is 4.74 Å². The van der Waals surface area contributed by atoms with Crippen molar-refractivity contribution in [3.8, 4) is 11.8 Å². The molecule has 0 aliphatic carbocycles. The standard InChI is InChI=1S/C18H25N3O.ClH/c1-22-18-11-14(4-5-16(18)12-19)13-21-9-6-15(7-10-21)17-3-2-8-20-17;/h4-5,11,15,17,20H,2-3,6-10,13H2,1H3;1H. The van der Waals surface area contributed by atoms with Gasteiger partial charge in [0.15, 0.2) is 0 Å². The summed E-state index contributed by atoms with van der Waals surface area (Å²) < 4.78 is 5.30. The maximum absolute atomic E-state index is 9.05. The van der Waals surface area contributed by atoms with Crippen LogP contribution in [0.25, 0.3) is 0 Å². The van der Waals surface area contributed by atoms with Crippen LogP contribution < -0.4 is 10.1 Å². The Hall–Kier alpha value is -1.28. The van der Waals surface area contributed by atoms with Gasteiger partial charge < -0.3 is 10.1 Å². The fraction of sp³-hybridized carbons (Fsp3) is 0.611. The Morgan fingerprint density at radius 3 is 2.70 bits per heavy atom. The predicted octanol–water partition coefficient (Wildman–Crippen LogP) is 2.95. The first-order valence-corrected chi connectivity index (χ1v) is 8.33. The van der Waals surface area contributed by atoms with Gasteiger partial charge >= 0.3 is 0 Å². The van der Waals surface area contributed by atoms with E-state index in [1.165, 1.54) is 50.9 Å². The van der Waals surface area contributed by atoms with Crippen molar-refractivity contribution in [1.29, 1.82) is 5.26 Å². The number of methoxy groups -OCH3 is 1. The van der Waals surface area contributed by atoms with Crippen LogP contribution >= 0.6 is 12.4 Å². The fourth-order valence-electron chi connectivity index (χ4n) is 3.81. The quantitative estimate of drug-likeness (QED) is 0.919. The van der Waals surface area contributed by atoms with Crippen LogP contribution in [0.1, 0.15) is 36.8 Å². The van der Waals surface area contributed by atoms with E-state index in [2.05, 4.69) is 16.3 Å². The maximum Gasteiger partial charge on any atom is 0.136 e. The third kappa shape index (κ3) is 4.38. The molecule has 3 rings (SSSR count). The van der Waals surface area contributed by atoms with Gasteiger partial charge in [0.25, 0.3) is 0 Å². The highest BCUT2D eigenvalue weighted by atomic mass is 35.5. The Labute approximate surface area is 145 Å². The van der Waals surface area contributed by atoms with E-state index in [0.29, 0.717) is 11.3 Å². The molecule has 1 aromatic carbocycles. The summed E-state index contributed by atoms with van der Waals surface area (Å²) in [6.07, 6.45) is 5.30. The zero-order valence-corrected chi connectivity index (χ0v) is 14.6. The smallest absolute Gasteiger partial charge is 0.136 e. The third-order valence-electron chi connectivity index (χ3n) is 5.09. The summed E-state index contributed by atoms with van der Waals surface area (Å²) in [7, 11) is 1.63. The highest BCUT2D eigenvalue weighted by Gasteiger charge is 2.28. The Morgan fingerprint density at radius 1 is 1.30 bits per heavy atom. The Balaban J connectivity index is 0.00000192. The molecule has 1 N–H and O–H groups in total. The first kappa shape index (κ1) is 18.1. The van der Waals surface area contributed by atoms with Gasteiger partial charge in [-0.2, -0.15) is 5.26 Å². The topological polar surface area (TPSA) is 48.3 Å². The van der Waals surface area contributed by atoms with Crippen LogP contribution in [-0.2, 0) is 6.54 Å². The van der Waals surface area contributed by atoms with Crippen LogP contribution in [0.2, 0.25) is 0 Å². The molecule has 2 fully saturated rings. The molecule has 2 aliphatic rings. The molecule has 0 bridgehead atoms. The molecule has 1 atom stereocenters. The van der Waals surface area contributed by atoms with E-state index in [1.807, 2.05) is 18.2 Å². The molecule has 1 aromatic rings. The molecular weight excluding hydrogens is 310 g/mol. The van der Waals surface area contributed by atoms with Crippen molar-refractivity contribution in [2.75, 3.05) is 26.7 Å². The van der Waals surface area contributed by atoms with E-state index in [0.717, 1.165) is 18.5 Å². The molecule has 0 radical (unpaired) electrons. The number of nitrogens with one attached hydrogen (secondary N) is 1.